The molecule has 0 bridgehead atoms. The Labute approximate surface area is 114 Å². The average molecular weight is 262 g/mol. The van der Waals surface area contributed by atoms with Gasteiger partial charge in [-0.25, -0.2) is 0 Å². The molecule has 0 heterocycles. The van der Waals surface area contributed by atoms with E-state index in [0.717, 1.165) is 31.4 Å². The van der Waals surface area contributed by atoms with E-state index in [-0.39, 0.29) is 5.97 Å². The van der Waals surface area contributed by atoms with Crippen LogP contribution in [-0.4, -0.2) is 19.7 Å². The Hall–Kier alpha value is -1.51. The maximum absolute atomic E-state index is 11.6. The summed E-state index contributed by atoms with van der Waals surface area (Å²) in [5.74, 6) is 1.22. The van der Waals surface area contributed by atoms with Gasteiger partial charge >= 0.3 is 5.97 Å². The molecule has 1 aliphatic carbocycles. The zero-order chi connectivity index (χ0) is 13.7. The number of methoxy groups -OCH3 is 1. The van der Waals surface area contributed by atoms with Gasteiger partial charge in [-0.3, -0.25) is 4.79 Å². The maximum atomic E-state index is 11.6. The molecule has 1 atom stereocenters. The van der Waals surface area contributed by atoms with E-state index < -0.39 is 0 Å². The van der Waals surface area contributed by atoms with Gasteiger partial charge in [-0.15, -0.1) is 0 Å². The third kappa shape index (κ3) is 3.72. The predicted molar refractivity (Wildman–Crippen MR) is 74.4 cm³/mol. The Bertz CT molecular complexity index is 440. The molecule has 0 saturated carbocycles. The number of esters is 1. The largest absolute Gasteiger partial charge is 0.497 e. The first-order valence-electron chi connectivity index (χ1n) is 7.04. The molecule has 1 unspecified atom stereocenters. The van der Waals surface area contributed by atoms with Gasteiger partial charge in [-0.1, -0.05) is 6.07 Å². The van der Waals surface area contributed by atoms with Gasteiger partial charge in [0, 0.05) is 6.42 Å². The summed E-state index contributed by atoms with van der Waals surface area (Å²) in [4.78, 5) is 11.6. The van der Waals surface area contributed by atoms with Crippen molar-refractivity contribution in [3.05, 3.63) is 29.3 Å². The fraction of sp³-hybridized carbons (Fsp3) is 0.562. The average Bonchev–Trinajstić information content (AvgIpc) is 2.59. The second kappa shape index (κ2) is 6.60. The molecule has 0 fully saturated rings. The minimum absolute atomic E-state index is 0.0705. The molecular weight excluding hydrogens is 240 g/mol. The molecule has 0 saturated heterocycles. The summed E-state index contributed by atoms with van der Waals surface area (Å²) in [5.41, 5.74) is 2.72. The summed E-state index contributed by atoms with van der Waals surface area (Å²) in [6.07, 6.45) is 4.81. The smallest absolute Gasteiger partial charge is 0.306 e. The Balaban J connectivity index is 2.08. The first-order chi connectivity index (χ1) is 9.22. The lowest BCUT2D eigenvalue weighted by molar-refractivity contribution is -0.144. The Morgan fingerprint density at radius 3 is 2.95 bits per heavy atom. The second-order valence-corrected chi connectivity index (χ2v) is 5.11. The highest BCUT2D eigenvalue weighted by Gasteiger charge is 2.20. The molecule has 3 nitrogen and oxygen atoms in total. The quantitative estimate of drug-likeness (QED) is 0.617. The van der Waals surface area contributed by atoms with Crippen molar-refractivity contribution in [1.82, 2.24) is 0 Å². The van der Waals surface area contributed by atoms with E-state index in [1.165, 1.54) is 11.1 Å². The summed E-state index contributed by atoms with van der Waals surface area (Å²) in [5, 5.41) is 0. The van der Waals surface area contributed by atoms with Crippen molar-refractivity contribution in [2.24, 2.45) is 5.92 Å². The Morgan fingerprint density at radius 1 is 1.37 bits per heavy atom. The van der Waals surface area contributed by atoms with Crippen molar-refractivity contribution in [1.29, 1.82) is 0 Å². The van der Waals surface area contributed by atoms with Crippen LogP contribution in [0.25, 0.3) is 0 Å². The molecule has 1 aliphatic rings. The topological polar surface area (TPSA) is 35.5 Å². The minimum Gasteiger partial charge on any atom is -0.497 e. The maximum Gasteiger partial charge on any atom is 0.306 e. The Morgan fingerprint density at radius 2 is 2.21 bits per heavy atom. The van der Waals surface area contributed by atoms with E-state index in [4.69, 9.17) is 9.47 Å². The summed E-state index contributed by atoms with van der Waals surface area (Å²) in [6, 6.07) is 6.28. The fourth-order valence-corrected chi connectivity index (χ4v) is 2.79. The van der Waals surface area contributed by atoms with Crippen molar-refractivity contribution < 1.29 is 14.3 Å². The van der Waals surface area contributed by atoms with E-state index in [9.17, 15) is 4.79 Å². The predicted octanol–water partition coefficient (Wildman–Crippen LogP) is 3.14. The summed E-state index contributed by atoms with van der Waals surface area (Å²) in [7, 11) is 1.69. The second-order valence-electron chi connectivity index (χ2n) is 5.11. The number of aryl methyl sites for hydroxylation is 1. The van der Waals surface area contributed by atoms with Crippen LogP contribution in [0.4, 0.5) is 0 Å². The number of carbonyl (C=O) groups is 1. The highest BCUT2D eigenvalue weighted by molar-refractivity contribution is 5.69. The highest BCUT2D eigenvalue weighted by atomic mass is 16.5. The zero-order valence-corrected chi connectivity index (χ0v) is 11.8. The lowest BCUT2D eigenvalue weighted by Crippen LogP contribution is -2.13. The molecule has 0 N–H and O–H groups in total. The lowest BCUT2D eigenvalue weighted by atomic mass is 9.94. The van der Waals surface area contributed by atoms with Crippen molar-refractivity contribution in [3.8, 4) is 5.75 Å². The molecule has 0 aromatic heterocycles. The standard InChI is InChI=1S/C16H22O3/c1-3-19-16(17)10-12-5-4-6-13-7-8-15(18-2)11-14(13)9-12/h7-8,11-12H,3-6,9-10H2,1-2H3. The number of fused-ring (bicyclic) bond motifs is 1. The summed E-state index contributed by atoms with van der Waals surface area (Å²) in [6.45, 7) is 2.32. The van der Waals surface area contributed by atoms with Gasteiger partial charge in [0.05, 0.1) is 13.7 Å². The first-order valence-corrected chi connectivity index (χ1v) is 7.04. The van der Waals surface area contributed by atoms with Gasteiger partial charge in [0.2, 0.25) is 0 Å². The number of hydrogen-bond acceptors (Lipinski definition) is 3. The molecule has 104 valence electrons. The van der Waals surface area contributed by atoms with E-state index in [1.54, 1.807) is 7.11 Å². The van der Waals surface area contributed by atoms with Crippen molar-refractivity contribution >= 4 is 5.97 Å². The zero-order valence-electron chi connectivity index (χ0n) is 11.8. The summed E-state index contributed by atoms with van der Waals surface area (Å²) < 4.78 is 10.3. The number of ether oxygens (including phenoxy) is 2. The van der Waals surface area contributed by atoms with E-state index in [1.807, 2.05) is 13.0 Å². The van der Waals surface area contributed by atoms with Gasteiger partial charge in [-0.05, 0) is 61.8 Å². The number of carbonyl (C=O) groups excluding carboxylic acids is 1. The minimum atomic E-state index is -0.0705. The molecule has 0 radical (unpaired) electrons. The van der Waals surface area contributed by atoms with Crippen LogP contribution >= 0.6 is 0 Å². The van der Waals surface area contributed by atoms with Crippen molar-refractivity contribution in [2.75, 3.05) is 13.7 Å². The molecule has 1 aromatic carbocycles. The third-order valence-corrected chi connectivity index (χ3v) is 3.74. The van der Waals surface area contributed by atoms with E-state index in [2.05, 4.69) is 12.1 Å². The molecule has 0 spiro atoms. The number of benzene rings is 1. The molecule has 1 aromatic rings. The van der Waals surface area contributed by atoms with Crippen LogP contribution in [0.2, 0.25) is 0 Å². The van der Waals surface area contributed by atoms with Crippen LogP contribution in [0, 0.1) is 5.92 Å². The Kier molecular flexibility index (Phi) is 4.83. The number of hydrogen-bond donors (Lipinski definition) is 0. The van der Waals surface area contributed by atoms with Gasteiger partial charge in [0.15, 0.2) is 0 Å². The molecule has 19 heavy (non-hydrogen) atoms. The third-order valence-electron chi connectivity index (χ3n) is 3.74. The van der Waals surface area contributed by atoms with E-state index >= 15 is 0 Å². The van der Waals surface area contributed by atoms with Crippen molar-refractivity contribution in [3.63, 3.8) is 0 Å². The van der Waals surface area contributed by atoms with Gasteiger partial charge < -0.3 is 9.47 Å². The molecule has 0 amide bonds. The number of rotatable bonds is 4. The van der Waals surface area contributed by atoms with Crippen LogP contribution in [0.3, 0.4) is 0 Å². The molecule has 0 aliphatic heterocycles. The van der Waals surface area contributed by atoms with Gasteiger partial charge in [0.1, 0.15) is 5.75 Å². The normalized spacial score (nSPS) is 18.3. The lowest BCUT2D eigenvalue weighted by Gasteiger charge is -2.14. The van der Waals surface area contributed by atoms with Crippen LogP contribution < -0.4 is 4.74 Å². The molecular formula is C16H22O3. The van der Waals surface area contributed by atoms with Crippen molar-refractivity contribution in [2.45, 2.75) is 39.0 Å². The first kappa shape index (κ1) is 13.9. The SMILES string of the molecule is CCOC(=O)CC1CCCc2ccc(OC)cc2C1. The van der Waals surface area contributed by atoms with Gasteiger partial charge in [0.25, 0.3) is 0 Å². The molecule has 3 heteroatoms. The van der Waals surface area contributed by atoms with Crippen LogP contribution in [0.5, 0.6) is 5.75 Å². The van der Waals surface area contributed by atoms with E-state index in [0.29, 0.717) is 18.9 Å². The van der Waals surface area contributed by atoms with Crippen LogP contribution in [0.1, 0.15) is 37.3 Å². The fourth-order valence-electron chi connectivity index (χ4n) is 2.79. The highest BCUT2D eigenvalue weighted by Crippen LogP contribution is 2.29. The van der Waals surface area contributed by atoms with Crippen LogP contribution in [0.15, 0.2) is 18.2 Å². The molecule has 2 rings (SSSR count). The summed E-state index contributed by atoms with van der Waals surface area (Å²) >= 11 is 0. The van der Waals surface area contributed by atoms with Gasteiger partial charge in [-0.2, -0.15) is 0 Å². The monoisotopic (exact) mass is 262 g/mol. The van der Waals surface area contributed by atoms with Crippen LogP contribution in [-0.2, 0) is 22.4 Å².